The lowest BCUT2D eigenvalue weighted by Crippen LogP contribution is -2.44. The van der Waals surface area contributed by atoms with Crippen molar-refractivity contribution in [2.45, 2.75) is 37.8 Å². The van der Waals surface area contributed by atoms with E-state index in [-0.39, 0.29) is 5.92 Å². The van der Waals surface area contributed by atoms with Crippen LogP contribution in [0.15, 0.2) is 24.4 Å². The number of methoxy groups -OCH3 is 1. The summed E-state index contributed by atoms with van der Waals surface area (Å²) in [7, 11) is 1.57. The molecule has 2 heterocycles. The molecule has 1 aromatic carbocycles. The van der Waals surface area contributed by atoms with Crippen LogP contribution in [0.4, 0.5) is 10.5 Å². The van der Waals surface area contributed by atoms with Crippen molar-refractivity contribution in [2.75, 3.05) is 25.6 Å². The third-order valence-corrected chi connectivity index (χ3v) is 5.22. The van der Waals surface area contributed by atoms with E-state index < -0.39 is 24.3 Å². The molecule has 0 saturated heterocycles. The third kappa shape index (κ3) is 4.48. The highest BCUT2D eigenvalue weighted by molar-refractivity contribution is 5.90. The van der Waals surface area contributed by atoms with Crippen molar-refractivity contribution in [3.63, 3.8) is 0 Å². The molecule has 4 unspecified atom stereocenters. The summed E-state index contributed by atoms with van der Waals surface area (Å²) >= 11 is 0. The summed E-state index contributed by atoms with van der Waals surface area (Å²) in [6.07, 6.45) is 0.0662. The van der Waals surface area contributed by atoms with E-state index in [2.05, 4.69) is 20.9 Å². The lowest BCUT2D eigenvalue weighted by Gasteiger charge is -2.20. The normalized spacial score (nSPS) is 25.2. The monoisotopic (exact) mass is 419 g/mol. The number of anilines is 1. The van der Waals surface area contributed by atoms with Gasteiger partial charge in [0.05, 0.1) is 24.9 Å². The largest absolute Gasteiger partial charge is 0.486 e. The summed E-state index contributed by atoms with van der Waals surface area (Å²) in [5.41, 5.74) is 1.22. The molecule has 1 saturated carbocycles. The van der Waals surface area contributed by atoms with Crippen LogP contribution in [-0.4, -0.2) is 69.8 Å². The van der Waals surface area contributed by atoms with Crippen molar-refractivity contribution >= 4 is 11.7 Å². The second-order valence-corrected chi connectivity index (χ2v) is 7.41. The molecule has 0 radical (unpaired) electrons. The van der Waals surface area contributed by atoms with Gasteiger partial charge in [-0.3, -0.25) is 4.68 Å². The lowest BCUT2D eigenvalue weighted by atomic mass is 10.1. The average Bonchev–Trinajstić information content (AvgIpc) is 3.28. The number of nitrogens with one attached hydrogen (secondary N) is 2. The lowest BCUT2D eigenvalue weighted by molar-refractivity contribution is 0.00877. The minimum Gasteiger partial charge on any atom is -0.486 e. The first-order chi connectivity index (χ1) is 14.5. The van der Waals surface area contributed by atoms with Crippen LogP contribution in [0.5, 0.6) is 11.5 Å². The number of fused-ring (bicyclic) bond motifs is 1. The molecular weight excluding hydrogens is 394 g/mol. The topological polar surface area (TPSA) is 140 Å². The van der Waals surface area contributed by atoms with Gasteiger partial charge in [-0.1, -0.05) is 5.21 Å². The number of rotatable bonds is 6. The second kappa shape index (κ2) is 8.86. The Kier molecular flexibility index (Phi) is 6.02. The maximum Gasteiger partial charge on any atom is 0.319 e. The Balaban J connectivity index is 1.33. The molecule has 162 valence electrons. The van der Waals surface area contributed by atoms with E-state index in [1.54, 1.807) is 36.2 Å². The van der Waals surface area contributed by atoms with Gasteiger partial charge in [-0.2, -0.15) is 0 Å². The molecular formula is C19H25N5O6. The van der Waals surface area contributed by atoms with E-state index in [4.69, 9.17) is 14.2 Å². The van der Waals surface area contributed by atoms with Crippen LogP contribution in [0, 0.1) is 5.92 Å². The highest BCUT2D eigenvalue weighted by Gasteiger charge is 2.42. The predicted octanol–water partition coefficient (Wildman–Crippen LogP) is 0.128. The van der Waals surface area contributed by atoms with Crippen LogP contribution in [0.1, 0.15) is 12.1 Å². The van der Waals surface area contributed by atoms with Gasteiger partial charge in [0, 0.05) is 31.3 Å². The average molecular weight is 419 g/mol. The van der Waals surface area contributed by atoms with Crippen LogP contribution in [0.3, 0.4) is 0 Å². The number of nitrogens with zero attached hydrogens (tertiary/aromatic N) is 3. The molecule has 30 heavy (non-hydrogen) atoms. The number of ether oxygens (including phenoxy) is 3. The van der Waals surface area contributed by atoms with Crippen molar-refractivity contribution in [1.29, 1.82) is 0 Å². The number of aliphatic hydroxyl groups is 2. The Hall–Kier alpha value is -2.89. The number of hydrogen-bond acceptors (Lipinski definition) is 8. The number of aliphatic hydroxyl groups excluding tert-OH is 2. The maximum absolute atomic E-state index is 12.4. The Morgan fingerprint density at radius 3 is 2.87 bits per heavy atom. The quantitative estimate of drug-likeness (QED) is 0.518. The maximum atomic E-state index is 12.4. The molecule has 11 nitrogen and oxygen atoms in total. The highest BCUT2D eigenvalue weighted by Crippen LogP contribution is 2.33. The van der Waals surface area contributed by atoms with Crippen LogP contribution in [0.2, 0.25) is 0 Å². The van der Waals surface area contributed by atoms with Crippen molar-refractivity contribution in [3.05, 3.63) is 30.1 Å². The molecule has 0 bridgehead atoms. The van der Waals surface area contributed by atoms with E-state index in [0.29, 0.717) is 55.7 Å². The summed E-state index contributed by atoms with van der Waals surface area (Å²) in [6.45, 7) is 1.66. The number of carbonyl (C=O) groups excluding carboxylic acids is 1. The van der Waals surface area contributed by atoms with Crippen LogP contribution in [-0.2, 0) is 17.9 Å². The van der Waals surface area contributed by atoms with Gasteiger partial charge in [0.25, 0.3) is 0 Å². The van der Waals surface area contributed by atoms with E-state index >= 15 is 0 Å². The zero-order chi connectivity index (χ0) is 21.1. The first kappa shape index (κ1) is 20.4. The fourth-order valence-electron chi connectivity index (χ4n) is 3.79. The zero-order valence-electron chi connectivity index (χ0n) is 16.5. The minimum atomic E-state index is -1.08. The summed E-state index contributed by atoms with van der Waals surface area (Å²) in [5, 5.41) is 34.2. The van der Waals surface area contributed by atoms with Crippen LogP contribution < -0.4 is 20.1 Å². The number of hydrogen-bond donors (Lipinski definition) is 4. The SMILES string of the molecule is COCc1cn(CC2CC(NC(=O)Nc3ccc4c(c3)OCCO4)C(O)C2O)nn1. The number of aromatic nitrogens is 3. The Morgan fingerprint density at radius 1 is 1.27 bits per heavy atom. The fraction of sp³-hybridized carbons (Fsp3) is 0.526. The molecule has 1 fully saturated rings. The van der Waals surface area contributed by atoms with Gasteiger partial charge < -0.3 is 35.1 Å². The summed E-state index contributed by atoms with van der Waals surface area (Å²) in [4.78, 5) is 12.4. The fourth-order valence-corrected chi connectivity index (χ4v) is 3.79. The molecule has 1 aliphatic heterocycles. The molecule has 0 spiro atoms. The molecule has 4 N–H and O–H groups in total. The van der Waals surface area contributed by atoms with Crippen LogP contribution in [0.25, 0.3) is 0 Å². The van der Waals surface area contributed by atoms with Gasteiger partial charge in [0.2, 0.25) is 0 Å². The zero-order valence-corrected chi connectivity index (χ0v) is 16.5. The van der Waals surface area contributed by atoms with Crippen molar-refractivity contribution < 1.29 is 29.2 Å². The molecule has 2 aromatic rings. The molecule has 4 atom stereocenters. The second-order valence-electron chi connectivity index (χ2n) is 7.41. The van der Waals surface area contributed by atoms with E-state index in [9.17, 15) is 15.0 Å². The summed E-state index contributed by atoms with van der Waals surface area (Å²) in [6, 6.07) is 4.04. The molecule has 11 heteroatoms. The number of benzene rings is 1. The van der Waals surface area contributed by atoms with E-state index in [1.807, 2.05) is 0 Å². The van der Waals surface area contributed by atoms with Gasteiger partial charge in [0.15, 0.2) is 11.5 Å². The molecule has 4 rings (SSSR count). The number of carbonyl (C=O) groups is 1. The summed E-state index contributed by atoms with van der Waals surface area (Å²) < 4.78 is 17.6. The molecule has 2 amide bonds. The van der Waals surface area contributed by atoms with Gasteiger partial charge in [-0.25, -0.2) is 4.79 Å². The van der Waals surface area contributed by atoms with Gasteiger partial charge in [0.1, 0.15) is 25.0 Å². The van der Waals surface area contributed by atoms with Gasteiger partial charge in [-0.05, 0) is 18.6 Å². The Morgan fingerprint density at radius 2 is 2.07 bits per heavy atom. The first-order valence-electron chi connectivity index (χ1n) is 9.74. The summed E-state index contributed by atoms with van der Waals surface area (Å²) in [5.74, 6) is 0.916. The highest BCUT2D eigenvalue weighted by atomic mass is 16.6. The van der Waals surface area contributed by atoms with Crippen molar-refractivity contribution in [3.8, 4) is 11.5 Å². The van der Waals surface area contributed by atoms with E-state index in [1.165, 1.54) is 0 Å². The van der Waals surface area contributed by atoms with Crippen LogP contribution >= 0.6 is 0 Å². The number of amides is 2. The predicted molar refractivity (Wildman–Crippen MR) is 104 cm³/mol. The Bertz CT molecular complexity index is 890. The standard InChI is InChI=1S/C19H25N5O6/c1-28-10-13-9-24(23-22-13)8-11-6-14(18(26)17(11)25)21-19(27)20-12-2-3-15-16(7-12)30-5-4-29-15/h2-3,7,9,11,14,17-18,25-26H,4-6,8,10H2,1H3,(H2,20,21,27). The molecule has 2 aliphatic rings. The van der Waals surface area contributed by atoms with Gasteiger partial charge >= 0.3 is 6.03 Å². The Labute approximate surface area is 172 Å². The molecule has 1 aromatic heterocycles. The van der Waals surface area contributed by atoms with Crippen molar-refractivity contribution in [2.24, 2.45) is 5.92 Å². The third-order valence-electron chi connectivity index (χ3n) is 5.22. The smallest absolute Gasteiger partial charge is 0.319 e. The number of urea groups is 1. The molecule has 1 aliphatic carbocycles. The van der Waals surface area contributed by atoms with E-state index in [0.717, 1.165) is 0 Å². The minimum absolute atomic E-state index is 0.281. The van der Waals surface area contributed by atoms with Crippen molar-refractivity contribution in [1.82, 2.24) is 20.3 Å². The van der Waals surface area contributed by atoms with Gasteiger partial charge in [-0.15, -0.1) is 5.10 Å². The first-order valence-corrected chi connectivity index (χ1v) is 9.74.